The van der Waals surface area contributed by atoms with Crippen LogP contribution in [0.1, 0.15) is 41.0 Å². The Morgan fingerprint density at radius 3 is 2.18 bits per heavy atom. The van der Waals surface area contributed by atoms with Crippen molar-refractivity contribution in [1.29, 1.82) is 0 Å². The number of hydrogen-bond donors (Lipinski definition) is 0. The van der Waals surface area contributed by atoms with Gasteiger partial charge >= 0.3 is 0 Å². The summed E-state index contributed by atoms with van der Waals surface area (Å²) in [6, 6.07) is 0. The van der Waals surface area contributed by atoms with E-state index in [1.165, 1.54) is 0 Å². The predicted octanol–water partition coefficient (Wildman–Crippen LogP) is 3.36. The molecule has 1 heteroatoms. The van der Waals surface area contributed by atoms with E-state index >= 15 is 0 Å². The van der Waals surface area contributed by atoms with Gasteiger partial charge in [-0.1, -0.05) is 27.4 Å². The number of ether oxygens (including phenoxy) is 1. The van der Waals surface area contributed by atoms with Crippen LogP contribution < -0.4 is 0 Å². The summed E-state index contributed by atoms with van der Waals surface area (Å²) in [6.45, 7) is 14.4. The number of hydrogen-bond acceptors (Lipinski definition) is 1. The first-order valence-electron chi connectivity index (χ1n) is 4.27. The molecule has 66 valence electrons. The number of rotatable bonds is 4. The maximum atomic E-state index is 5.65. The van der Waals surface area contributed by atoms with Crippen LogP contribution in [0.2, 0.25) is 0 Å². The maximum absolute atomic E-state index is 5.65. The highest BCUT2D eigenvalue weighted by atomic mass is 16.5. The minimum Gasteiger partial charge on any atom is -0.493 e. The smallest absolute Gasteiger partial charge is 0.105 e. The molecular weight excluding hydrogens is 136 g/mol. The zero-order chi connectivity index (χ0) is 9.07. The lowest BCUT2D eigenvalue weighted by Crippen LogP contribution is -2.30. The van der Waals surface area contributed by atoms with Crippen molar-refractivity contribution in [3.63, 3.8) is 0 Å². The predicted molar refractivity (Wildman–Crippen MR) is 49.4 cm³/mol. The first-order chi connectivity index (χ1) is 4.90. The summed E-state index contributed by atoms with van der Waals surface area (Å²) in [7, 11) is 0. The van der Waals surface area contributed by atoms with Gasteiger partial charge in [0.05, 0.1) is 5.76 Å². The van der Waals surface area contributed by atoms with Crippen molar-refractivity contribution in [2.45, 2.75) is 46.6 Å². The summed E-state index contributed by atoms with van der Waals surface area (Å²) in [5.41, 5.74) is -0.0763. The molecule has 0 aromatic carbocycles. The van der Waals surface area contributed by atoms with E-state index in [9.17, 15) is 0 Å². The molecular formula is C10H20O. The van der Waals surface area contributed by atoms with Crippen LogP contribution in [-0.4, -0.2) is 5.60 Å². The monoisotopic (exact) mass is 156 g/mol. The molecule has 11 heavy (non-hydrogen) atoms. The first-order valence-corrected chi connectivity index (χ1v) is 4.27. The fourth-order valence-corrected chi connectivity index (χ4v) is 0.562. The van der Waals surface area contributed by atoms with Crippen LogP contribution in [0.25, 0.3) is 0 Å². The summed E-state index contributed by atoms with van der Waals surface area (Å²) in [5, 5.41) is 0. The van der Waals surface area contributed by atoms with Gasteiger partial charge in [-0.3, -0.25) is 0 Å². The van der Waals surface area contributed by atoms with Gasteiger partial charge in [0.25, 0.3) is 0 Å². The van der Waals surface area contributed by atoms with Gasteiger partial charge in [-0.25, -0.2) is 0 Å². The molecule has 0 bridgehead atoms. The van der Waals surface area contributed by atoms with E-state index in [0.29, 0.717) is 5.92 Å². The molecule has 0 atom stereocenters. The SMILES string of the molecule is C=C(CC)OC(C)(C)C(C)C. The Bertz CT molecular complexity index is 134. The Kier molecular flexibility index (Phi) is 3.64. The van der Waals surface area contributed by atoms with E-state index in [0.717, 1.165) is 12.2 Å². The van der Waals surface area contributed by atoms with Gasteiger partial charge in [-0.15, -0.1) is 0 Å². The second-order valence-electron chi connectivity index (χ2n) is 3.75. The highest BCUT2D eigenvalue weighted by molar-refractivity contribution is 4.86. The highest BCUT2D eigenvalue weighted by Gasteiger charge is 2.23. The lowest BCUT2D eigenvalue weighted by molar-refractivity contribution is -0.00701. The van der Waals surface area contributed by atoms with Crippen molar-refractivity contribution in [3.8, 4) is 0 Å². The molecule has 0 aliphatic carbocycles. The Morgan fingerprint density at radius 1 is 1.45 bits per heavy atom. The standard InChI is InChI=1S/C10H20O/c1-7-9(4)11-10(5,6)8(2)3/h8H,4,7H2,1-3,5-6H3. The molecule has 0 saturated carbocycles. The van der Waals surface area contributed by atoms with E-state index in [4.69, 9.17) is 4.74 Å². The quantitative estimate of drug-likeness (QED) is 0.567. The molecule has 0 saturated heterocycles. The van der Waals surface area contributed by atoms with Crippen molar-refractivity contribution in [2.75, 3.05) is 0 Å². The third-order valence-electron chi connectivity index (χ3n) is 2.19. The van der Waals surface area contributed by atoms with Gasteiger partial charge in [-0.2, -0.15) is 0 Å². The molecule has 0 aromatic heterocycles. The van der Waals surface area contributed by atoms with Crippen LogP contribution in [0.5, 0.6) is 0 Å². The summed E-state index contributed by atoms with van der Waals surface area (Å²) in [4.78, 5) is 0. The molecule has 0 aromatic rings. The molecule has 0 aliphatic rings. The minimum atomic E-state index is -0.0763. The lowest BCUT2D eigenvalue weighted by atomic mass is 9.94. The Hall–Kier alpha value is -0.460. The van der Waals surface area contributed by atoms with E-state index < -0.39 is 0 Å². The summed E-state index contributed by atoms with van der Waals surface area (Å²) in [6.07, 6.45) is 0.899. The Morgan fingerprint density at radius 2 is 1.91 bits per heavy atom. The van der Waals surface area contributed by atoms with Crippen LogP contribution >= 0.6 is 0 Å². The Balaban J connectivity index is 4.01. The molecule has 0 spiro atoms. The van der Waals surface area contributed by atoms with E-state index in [1.54, 1.807) is 0 Å². The topological polar surface area (TPSA) is 9.23 Å². The largest absolute Gasteiger partial charge is 0.493 e. The molecule has 0 N–H and O–H groups in total. The van der Waals surface area contributed by atoms with Gasteiger partial charge in [0.15, 0.2) is 0 Å². The van der Waals surface area contributed by atoms with Crippen molar-refractivity contribution in [1.82, 2.24) is 0 Å². The third-order valence-corrected chi connectivity index (χ3v) is 2.19. The molecule has 0 aliphatic heterocycles. The highest BCUT2D eigenvalue weighted by Crippen LogP contribution is 2.23. The Labute approximate surface area is 70.4 Å². The van der Waals surface area contributed by atoms with E-state index in [-0.39, 0.29) is 5.60 Å². The average molecular weight is 156 g/mol. The van der Waals surface area contributed by atoms with Crippen LogP contribution in [0.3, 0.4) is 0 Å². The molecule has 0 unspecified atom stereocenters. The minimum absolute atomic E-state index is 0.0763. The summed E-state index contributed by atoms with van der Waals surface area (Å²) in [5.74, 6) is 1.40. The van der Waals surface area contributed by atoms with Crippen LogP contribution in [-0.2, 0) is 4.74 Å². The van der Waals surface area contributed by atoms with Crippen LogP contribution in [0.15, 0.2) is 12.3 Å². The van der Waals surface area contributed by atoms with Crippen molar-refractivity contribution < 1.29 is 4.74 Å². The van der Waals surface area contributed by atoms with Crippen LogP contribution in [0.4, 0.5) is 0 Å². The molecule has 0 rings (SSSR count). The average Bonchev–Trinajstić information content (AvgIpc) is 1.86. The van der Waals surface area contributed by atoms with Crippen molar-refractivity contribution >= 4 is 0 Å². The fraction of sp³-hybridized carbons (Fsp3) is 0.800. The second-order valence-corrected chi connectivity index (χ2v) is 3.75. The lowest BCUT2D eigenvalue weighted by Gasteiger charge is -2.31. The molecule has 0 heterocycles. The maximum Gasteiger partial charge on any atom is 0.105 e. The molecule has 0 fully saturated rings. The zero-order valence-corrected chi connectivity index (χ0v) is 8.40. The van der Waals surface area contributed by atoms with Crippen molar-refractivity contribution in [3.05, 3.63) is 12.3 Å². The number of allylic oxidation sites excluding steroid dienone is 1. The fourth-order valence-electron chi connectivity index (χ4n) is 0.562. The van der Waals surface area contributed by atoms with Gasteiger partial charge in [0.2, 0.25) is 0 Å². The first kappa shape index (κ1) is 10.5. The summed E-state index contributed by atoms with van der Waals surface area (Å²) < 4.78 is 5.65. The van der Waals surface area contributed by atoms with Crippen LogP contribution in [0, 0.1) is 5.92 Å². The molecule has 0 amide bonds. The van der Waals surface area contributed by atoms with Crippen molar-refractivity contribution in [2.24, 2.45) is 5.92 Å². The van der Waals surface area contributed by atoms with Gasteiger partial charge in [0.1, 0.15) is 5.60 Å². The van der Waals surface area contributed by atoms with Gasteiger partial charge < -0.3 is 4.74 Å². The third kappa shape index (κ3) is 3.45. The summed E-state index contributed by atoms with van der Waals surface area (Å²) >= 11 is 0. The normalized spacial score (nSPS) is 11.8. The molecule has 0 radical (unpaired) electrons. The van der Waals surface area contributed by atoms with E-state index in [2.05, 4.69) is 41.2 Å². The van der Waals surface area contributed by atoms with Gasteiger partial charge in [0, 0.05) is 6.42 Å². The molecule has 1 nitrogen and oxygen atoms in total. The second kappa shape index (κ2) is 3.80. The van der Waals surface area contributed by atoms with E-state index in [1.807, 2.05) is 0 Å². The zero-order valence-electron chi connectivity index (χ0n) is 8.40. The van der Waals surface area contributed by atoms with Gasteiger partial charge in [-0.05, 0) is 19.8 Å².